The van der Waals surface area contributed by atoms with Gasteiger partial charge in [0.2, 0.25) is 0 Å². The Balaban J connectivity index is 0.00000363. The molecule has 1 saturated heterocycles. The minimum Gasteiger partial charge on any atom is -0.497 e. The van der Waals surface area contributed by atoms with E-state index in [0.29, 0.717) is 25.4 Å². The molecule has 2 aromatic rings. The van der Waals surface area contributed by atoms with Gasteiger partial charge in [0.05, 0.1) is 26.0 Å². The fourth-order valence-corrected chi connectivity index (χ4v) is 3.67. The monoisotopic (exact) mass is 555 g/mol. The fourth-order valence-electron chi connectivity index (χ4n) is 3.67. The van der Waals surface area contributed by atoms with Crippen LogP contribution in [0.3, 0.4) is 0 Å². The second kappa shape index (κ2) is 12.7. The summed E-state index contributed by atoms with van der Waals surface area (Å²) < 4.78 is 10.5. The number of ether oxygens (including phenoxy) is 1. The number of benzene rings is 1. The van der Waals surface area contributed by atoms with E-state index in [-0.39, 0.29) is 35.9 Å². The second-order valence-electron chi connectivity index (χ2n) is 7.70. The van der Waals surface area contributed by atoms with Crippen LogP contribution in [-0.2, 0) is 0 Å². The van der Waals surface area contributed by atoms with Gasteiger partial charge in [-0.15, -0.1) is 24.0 Å². The van der Waals surface area contributed by atoms with Crippen LogP contribution in [0.4, 0.5) is 0 Å². The van der Waals surface area contributed by atoms with E-state index in [9.17, 15) is 4.79 Å². The second-order valence-corrected chi connectivity index (χ2v) is 7.70. The summed E-state index contributed by atoms with van der Waals surface area (Å²) in [4.78, 5) is 23.7. The third-order valence-electron chi connectivity index (χ3n) is 5.47. The molecule has 32 heavy (non-hydrogen) atoms. The van der Waals surface area contributed by atoms with E-state index in [0.717, 1.165) is 31.3 Å². The molecular weight excluding hydrogens is 521 g/mol. The molecule has 0 radical (unpaired) electrons. The van der Waals surface area contributed by atoms with Crippen molar-refractivity contribution >= 4 is 35.8 Å². The molecule has 9 heteroatoms. The number of methoxy groups -OCH3 is 1. The number of rotatable bonds is 7. The molecule has 1 aliphatic rings. The summed E-state index contributed by atoms with van der Waals surface area (Å²) in [6.45, 7) is 6.23. The van der Waals surface area contributed by atoms with Crippen LogP contribution in [0.5, 0.6) is 5.75 Å². The number of likely N-dealkylation sites (N-methyl/N-ethyl adjacent to an activating group) is 1. The van der Waals surface area contributed by atoms with Crippen molar-refractivity contribution in [3.63, 3.8) is 0 Å². The first kappa shape index (κ1) is 26.0. The van der Waals surface area contributed by atoms with Crippen molar-refractivity contribution in [1.29, 1.82) is 0 Å². The molecule has 1 aliphatic heterocycles. The number of hydrogen-bond donors (Lipinski definition) is 1. The summed E-state index contributed by atoms with van der Waals surface area (Å²) in [7, 11) is 5.81. The van der Waals surface area contributed by atoms with E-state index >= 15 is 0 Å². The number of piperazine rings is 1. The zero-order valence-electron chi connectivity index (χ0n) is 19.3. The molecule has 0 spiro atoms. The minimum absolute atomic E-state index is 0. The van der Waals surface area contributed by atoms with E-state index < -0.39 is 0 Å². The van der Waals surface area contributed by atoms with Gasteiger partial charge in [-0.05, 0) is 50.8 Å². The van der Waals surface area contributed by atoms with Crippen molar-refractivity contribution < 1.29 is 13.9 Å². The fraction of sp³-hybridized carbons (Fsp3) is 0.478. The van der Waals surface area contributed by atoms with Crippen molar-refractivity contribution in [1.82, 2.24) is 20.0 Å². The van der Waals surface area contributed by atoms with Gasteiger partial charge in [-0.1, -0.05) is 12.1 Å². The minimum atomic E-state index is -0.0567. The van der Waals surface area contributed by atoms with Gasteiger partial charge in [-0.25, -0.2) is 0 Å². The van der Waals surface area contributed by atoms with Crippen LogP contribution in [0.1, 0.15) is 29.1 Å². The summed E-state index contributed by atoms with van der Waals surface area (Å²) in [6, 6.07) is 11.7. The molecule has 1 unspecified atom stereocenters. The lowest BCUT2D eigenvalue weighted by Crippen LogP contribution is -2.53. The molecule has 1 amide bonds. The molecule has 176 valence electrons. The van der Waals surface area contributed by atoms with Gasteiger partial charge in [0.15, 0.2) is 11.7 Å². The van der Waals surface area contributed by atoms with Gasteiger partial charge in [-0.3, -0.25) is 9.79 Å². The maximum atomic E-state index is 12.5. The summed E-state index contributed by atoms with van der Waals surface area (Å²) in [5.41, 5.74) is 1.19. The molecule has 0 aliphatic carbocycles. The number of carbonyl (C=O) groups is 1. The summed E-state index contributed by atoms with van der Waals surface area (Å²) in [6.07, 6.45) is 1.53. The Labute approximate surface area is 207 Å². The standard InChI is InChI=1S/C23H33N5O3.HI/c1-5-24-23(25-17-20(26(2)3)18-8-10-19(30-4)11-9-18)28-14-12-27(13-15-28)22(29)21-7-6-16-31-21;/h6-11,16,20H,5,12-15,17H2,1-4H3,(H,24,25);1H. The number of carbonyl (C=O) groups excluding carboxylic acids is 1. The zero-order chi connectivity index (χ0) is 22.2. The van der Waals surface area contributed by atoms with Crippen molar-refractivity contribution in [3.05, 3.63) is 54.0 Å². The van der Waals surface area contributed by atoms with Crippen LogP contribution in [0.2, 0.25) is 0 Å². The molecule has 1 atom stereocenters. The summed E-state index contributed by atoms with van der Waals surface area (Å²) in [5, 5.41) is 3.40. The molecular formula is C23H34IN5O3. The van der Waals surface area contributed by atoms with E-state index in [4.69, 9.17) is 14.1 Å². The highest BCUT2D eigenvalue weighted by molar-refractivity contribution is 14.0. The third kappa shape index (κ3) is 6.61. The van der Waals surface area contributed by atoms with Crippen LogP contribution < -0.4 is 10.1 Å². The molecule has 2 heterocycles. The predicted octanol–water partition coefficient (Wildman–Crippen LogP) is 2.93. The first-order chi connectivity index (χ1) is 15.0. The quantitative estimate of drug-likeness (QED) is 0.322. The molecule has 0 bridgehead atoms. The smallest absolute Gasteiger partial charge is 0.289 e. The lowest BCUT2D eigenvalue weighted by molar-refractivity contribution is 0.0657. The van der Waals surface area contributed by atoms with Gasteiger partial charge < -0.3 is 29.2 Å². The molecule has 8 nitrogen and oxygen atoms in total. The van der Waals surface area contributed by atoms with Crippen LogP contribution in [0, 0.1) is 0 Å². The molecule has 1 aromatic heterocycles. The third-order valence-corrected chi connectivity index (χ3v) is 5.47. The topological polar surface area (TPSA) is 73.6 Å². The maximum Gasteiger partial charge on any atom is 0.289 e. The Kier molecular flexibility index (Phi) is 10.3. The number of amides is 1. The Morgan fingerprint density at radius 3 is 2.34 bits per heavy atom. The Morgan fingerprint density at radius 2 is 1.81 bits per heavy atom. The number of furan rings is 1. The molecule has 1 aromatic carbocycles. The van der Waals surface area contributed by atoms with Crippen molar-refractivity contribution in [2.24, 2.45) is 4.99 Å². The van der Waals surface area contributed by atoms with Crippen LogP contribution in [0.25, 0.3) is 0 Å². The van der Waals surface area contributed by atoms with E-state index in [2.05, 4.69) is 48.3 Å². The van der Waals surface area contributed by atoms with Crippen LogP contribution in [0.15, 0.2) is 52.1 Å². The first-order valence-corrected chi connectivity index (χ1v) is 10.7. The van der Waals surface area contributed by atoms with Gasteiger partial charge >= 0.3 is 0 Å². The first-order valence-electron chi connectivity index (χ1n) is 10.7. The van der Waals surface area contributed by atoms with E-state index in [1.165, 1.54) is 11.8 Å². The Bertz CT molecular complexity index is 847. The van der Waals surface area contributed by atoms with Crippen molar-refractivity contribution in [2.75, 3.05) is 60.5 Å². The Hall–Kier alpha value is -2.27. The van der Waals surface area contributed by atoms with Gasteiger partial charge in [0.25, 0.3) is 5.91 Å². The van der Waals surface area contributed by atoms with Gasteiger partial charge in [0, 0.05) is 32.7 Å². The number of halogens is 1. The number of hydrogen-bond acceptors (Lipinski definition) is 5. The molecule has 1 fully saturated rings. The summed E-state index contributed by atoms with van der Waals surface area (Å²) in [5.74, 6) is 2.06. The maximum absolute atomic E-state index is 12.5. The van der Waals surface area contributed by atoms with E-state index in [1.807, 2.05) is 17.0 Å². The average molecular weight is 555 g/mol. The number of guanidine groups is 1. The van der Waals surface area contributed by atoms with Gasteiger partial charge in [0.1, 0.15) is 5.75 Å². The largest absolute Gasteiger partial charge is 0.497 e. The lowest BCUT2D eigenvalue weighted by atomic mass is 10.1. The predicted molar refractivity (Wildman–Crippen MR) is 137 cm³/mol. The number of nitrogens with zero attached hydrogens (tertiary/aromatic N) is 4. The number of aliphatic imine (C=N–C) groups is 1. The molecule has 1 N–H and O–H groups in total. The summed E-state index contributed by atoms with van der Waals surface area (Å²) >= 11 is 0. The SMILES string of the molecule is CCNC(=NCC(c1ccc(OC)cc1)N(C)C)N1CCN(C(=O)c2ccco2)CC1.I. The highest BCUT2D eigenvalue weighted by Gasteiger charge is 2.25. The average Bonchev–Trinajstić information content (AvgIpc) is 3.33. The van der Waals surface area contributed by atoms with Crippen molar-refractivity contribution in [2.45, 2.75) is 13.0 Å². The van der Waals surface area contributed by atoms with E-state index in [1.54, 1.807) is 19.2 Å². The normalized spacial score (nSPS) is 15.3. The number of nitrogens with one attached hydrogen (secondary N) is 1. The van der Waals surface area contributed by atoms with Crippen LogP contribution in [-0.4, -0.2) is 87.0 Å². The molecule has 3 rings (SSSR count). The molecule has 0 saturated carbocycles. The van der Waals surface area contributed by atoms with Crippen molar-refractivity contribution in [3.8, 4) is 5.75 Å². The zero-order valence-corrected chi connectivity index (χ0v) is 21.6. The Morgan fingerprint density at radius 1 is 1.16 bits per heavy atom. The van der Waals surface area contributed by atoms with Gasteiger partial charge in [-0.2, -0.15) is 0 Å². The lowest BCUT2D eigenvalue weighted by Gasteiger charge is -2.36. The van der Waals surface area contributed by atoms with Crippen LogP contribution >= 0.6 is 24.0 Å². The highest BCUT2D eigenvalue weighted by atomic mass is 127. The highest BCUT2D eigenvalue weighted by Crippen LogP contribution is 2.22.